The predicted octanol–water partition coefficient (Wildman–Crippen LogP) is 3.21. The molecule has 116 valence electrons. The molecule has 1 amide bonds. The van der Waals surface area contributed by atoms with Gasteiger partial charge in [0.05, 0.1) is 5.92 Å². The van der Waals surface area contributed by atoms with E-state index in [-0.39, 0.29) is 12.5 Å². The van der Waals surface area contributed by atoms with Crippen LogP contribution in [-0.4, -0.2) is 23.5 Å². The molecule has 0 aromatic heterocycles. The molecule has 0 radical (unpaired) electrons. The maximum Gasteiger partial charge on any atom is 0.308 e. The maximum absolute atomic E-state index is 11.8. The molecule has 2 N–H and O–H groups in total. The molecule has 1 aliphatic carbocycles. The first-order chi connectivity index (χ1) is 9.30. The number of carboxylic acids is 1. The van der Waals surface area contributed by atoms with Crippen LogP contribution >= 0.6 is 0 Å². The van der Waals surface area contributed by atoms with E-state index in [0.29, 0.717) is 12.3 Å². The second-order valence-electron chi connectivity index (χ2n) is 7.09. The van der Waals surface area contributed by atoms with Gasteiger partial charge in [0, 0.05) is 12.0 Å². The second kappa shape index (κ2) is 7.65. The fourth-order valence-electron chi connectivity index (χ4n) is 2.75. The molecule has 1 atom stereocenters. The van der Waals surface area contributed by atoms with Gasteiger partial charge in [-0.15, -0.1) is 0 Å². The highest BCUT2D eigenvalue weighted by Crippen LogP contribution is 2.28. The lowest BCUT2D eigenvalue weighted by atomic mass is 9.88. The van der Waals surface area contributed by atoms with Crippen molar-refractivity contribution < 1.29 is 14.7 Å². The zero-order chi connectivity index (χ0) is 15.2. The van der Waals surface area contributed by atoms with Gasteiger partial charge in [0.25, 0.3) is 0 Å². The first-order valence-corrected chi connectivity index (χ1v) is 7.82. The number of amides is 1. The molecular formula is C16H29NO3. The van der Waals surface area contributed by atoms with Gasteiger partial charge >= 0.3 is 5.97 Å². The summed E-state index contributed by atoms with van der Waals surface area (Å²) < 4.78 is 0. The van der Waals surface area contributed by atoms with Crippen LogP contribution in [-0.2, 0) is 9.59 Å². The van der Waals surface area contributed by atoms with Crippen molar-refractivity contribution in [3.63, 3.8) is 0 Å². The summed E-state index contributed by atoms with van der Waals surface area (Å²) in [6, 6.07) is 0. The maximum atomic E-state index is 11.8. The summed E-state index contributed by atoms with van der Waals surface area (Å²) in [5, 5.41) is 12.1. The predicted molar refractivity (Wildman–Crippen MR) is 79.4 cm³/mol. The molecule has 4 nitrogen and oxygen atoms in total. The standard InChI is InChI=1S/C16H29NO3/c1-16(2,3)15(20)17-11-13(14(18)19)10-12-8-6-4-5-7-9-12/h12-13H,4-11H2,1-3H3,(H,17,20)(H,18,19). The molecule has 1 rings (SSSR count). The number of hydrogen-bond donors (Lipinski definition) is 2. The third kappa shape index (κ3) is 5.93. The van der Waals surface area contributed by atoms with E-state index in [2.05, 4.69) is 5.32 Å². The van der Waals surface area contributed by atoms with Crippen LogP contribution in [0.2, 0.25) is 0 Å². The number of rotatable bonds is 5. The van der Waals surface area contributed by atoms with Crippen LogP contribution < -0.4 is 5.32 Å². The molecule has 0 aromatic rings. The monoisotopic (exact) mass is 283 g/mol. The van der Waals surface area contributed by atoms with Crippen molar-refractivity contribution in [3.05, 3.63) is 0 Å². The van der Waals surface area contributed by atoms with Gasteiger partial charge in [0.2, 0.25) is 5.91 Å². The smallest absolute Gasteiger partial charge is 0.308 e. The van der Waals surface area contributed by atoms with E-state index in [1.165, 1.54) is 25.7 Å². The summed E-state index contributed by atoms with van der Waals surface area (Å²) in [5.41, 5.74) is -0.467. The third-order valence-corrected chi connectivity index (χ3v) is 4.13. The molecule has 0 spiro atoms. The lowest BCUT2D eigenvalue weighted by Crippen LogP contribution is -2.40. The lowest BCUT2D eigenvalue weighted by molar-refractivity contribution is -0.142. The van der Waals surface area contributed by atoms with E-state index in [1.807, 2.05) is 20.8 Å². The van der Waals surface area contributed by atoms with E-state index in [9.17, 15) is 14.7 Å². The Morgan fingerprint density at radius 3 is 2.15 bits per heavy atom. The molecule has 0 heterocycles. The van der Waals surface area contributed by atoms with Crippen LogP contribution in [0.4, 0.5) is 0 Å². The van der Waals surface area contributed by atoms with E-state index >= 15 is 0 Å². The van der Waals surface area contributed by atoms with Crippen molar-refractivity contribution in [2.24, 2.45) is 17.3 Å². The Morgan fingerprint density at radius 1 is 1.15 bits per heavy atom. The van der Waals surface area contributed by atoms with Crippen molar-refractivity contribution in [2.45, 2.75) is 65.7 Å². The molecule has 1 fully saturated rings. The normalized spacial score (nSPS) is 19.1. The first-order valence-electron chi connectivity index (χ1n) is 7.82. The lowest BCUT2D eigenvalue weighted by Gasteiger charge is -2.22. The Morgan fingerprint density at radius 2 is 1.70 bits per heavy atom. The number of aliphatic carboxylic acids is 1. The Labute approximate surface area is 122 Å². The molecule has 0 bridgehead atoms. The molecule has 0 aromatic carbocycles. The SMILES string of the molecule is CC(C)(C)C(=O)NCC(CC1CCCCCC1)C(=O)O. The van der Waals surface area contributed by atoms with Crippen molar-refractivity contribution in [1.29, 1.82) is 0 Å². The van der Waals surface area contributed by atoms with Gasteiger partial charge in [0.1, 0.15) is 0 Å². The zero-order valence-electron chi connectivity index (χ0n) is 13.1. The van der Waals surface area contributed by atoms with Crippen molar-refractivity contribution in [1.82, 2.24) is 5.32 Å². The molecule has 1 saturated carbocycles. The molecule has 4 heteroatoms. The van der Waals surface area contributed by atoms with Gasteiger partial charge in [-0.05, 0) is 12.3 Å². The molecule has 1 aliphatic rings. The van der Waals surface area contributed by atoms with Gasteiger partial charge in [-0.3, -0.25) is 9.59 Å². The van der Waals surface area contributed by atoms with Crippen molar-refractivity contribution in [2.75, 3.05) is 6.54 Å². The highest BCUT2D eigenvalue weighted by molar-refractivity contribution is 5.82. The summed E-state index contributed by atoms with van der Waals surface area (Å²) >= 11 is 0. The average molecular weight is 283 g/mol. The first kappa shape index (κ1) is 17.0. The summed E-state index contributed by atoms with van der Waals surface area (Å²) in [6.45, 7) is 5.76. The van der Waals surface area contributed by atoms with Crippen molar-refractivity contribution in [3.8, 4) is 0 Å². The van der Waals surface area contributed by atoms with E-state index in [0.717, 1.165) is 12.8 Å². The Bertz CT molecular complexity index is 325. The Balaban J connectivity index is 2.47. The number of hydrogen-bond acceptors (Lipinski definition) is 2. The van der Waals surface area contributed by atoms with Gasteiger partial charge in [-0.1, -0.05) is 59.3 Å². The highest BCUT2D eigenvalue weighted by atomic mass is 16.4. The van der Waals surface area contributed by atoms with Crippen molar-refractivity contribution >= 4 is 11.9 Å². The van der Waals surface area contributed by atoms with Crippen LogP contribution in [0.25, 0.3) is 0 Å². The van der Waals surface area contributed by atoms with Crippen LogP contribution in [0.3, 0.4) is 0 Å². The molecule has 0 aliphatic heterocycles. The number of carboxylic acid groups (broad SMARTS) is 1. The summed E-state index contributed by atoms with van der Waals surface area (Å²) in [4.78, 5) is 23.2. The minimum absolute atomic E-state index is 0.0791. The van der Waals surface area contributed by atoms with E-state index < -0.39 is 17.3 Å². The quantitative estimate of drug-likeness (QED) is 0.761. The number of carbonyl (C=O) groups excluding carboxylic acids is 1. The average Bonchev–Trinajstić information content (AvgIpc) is 2.60. The third-order valence-electron chi connectivity index (χ3n) is 4.13. The molecule has 20 heavy (non-hydrogen) atoms. The number of carbonyl (C=O) groups is 2. The van der Waals surface area contributed by atoms with Gasteiger partial charge in [0.15, 0.2) is 0 Å². The minimum Gasteiger partial charge on any atom is -0.481 e. The van der Waals surface area contributed by atoms with E-state index in [1.54, 1.807) is 0 Å². The van der Waals surface area contributed by atoms with Crippen LogP contribution in [0.1, 0.15) is 65.7 Å². The minimum atomic E-state index is -0.788. The summed E-state index contributed by atoms with van der Waals surface area (Å²) in [5.74, 6) is -0.817. The zero-order valence-corrected chi connectivity index (χ0v) is 13.1. The number of nitrogens with one attached hydrogen (secondary N) is 1. The van der Waals surface area contributed by atoms with Crippen LogP contribution in [0.5, 0.6) is 0 Å². The molecule has 1 unspecified atom stereocenters. The highest BCUT2D eigenvalue weighted by Gasteiger charge is 2.26. The van der Waals surface area contributed by atoms with E-state index in [4.69, 9.17) is 0 Å². The van der Waals surface area contributed by atoms with Gasteiger partial charge in [-0.2, -0.15) is 0 Å². The fraction of sp³-hybridized carbons (Fsp3) is 0.875. The largest absolute Gasteiger partial charge is 0.481 e. The summed E-state index contributed by atoms with van der Waals surface area (Å²) in [7, 11) is 0. The van der Waals surface area contributed by atoms with Gasteiger partial charge in [-0.25, -0.2) is 0 Å². The molecular weight excluding hydrogens is 254 g/mol. The topological polar surface area (TPSA) is 66.4 Å². The van der Waals surface area contributed by atoms with Crippen LogP contribution in [0.15, 0.2) is 0 Å². The second-order valence-corrected chi connectivity index (χ2v) is 7.09. The van der Waals surface area contributed by atoms with Crippen LogP contribution in [0, 0.1) is 17.3 Å². The summed E-state index contributed by atoms with van der Waals surface area (Å²) in [6.07, 6.45) is 7.94. The Hall–Kier alpha value is -1.06. The Kier molecular flexibility index (Phi) is 6.50. The molecule has 0 saturated heterocycles. The fourth-order valence-corrected chi connectivity index (χ4v) is 2.75. The van der Waals surface area contributed by atoms with Gasteiger partial charge < -0.3 is 10.4 Å².